The third-order valence-electron chi connectivity index (χ3n) is 3.04. The second-order valence-electron chi connectivity index (χ2n) is 4.15. The van der Waals surface area contributed by atoms with Crippen molar-refractivity contribution < 1.29 is 8.42 Å². The van der Waals surface area contributed by atoms with E-state index < -0.39 is 9.05 Å². The molecule has 3 nitrogen and oxygen atoms in total. The van der Waals surface area contributed by atoms with Crippen LogP contribution in [0.15, 0.2) is 29.2 Å². The van der Waals surface area contributed by atoms with Gasteiger partial charge in [0.1, 0.15) is 0 Å². The van der Waals surface area contributed by atoms with Crippen LogP contribution in [0.1, 0.15) is 24.4 Å². The van der Waals surface area contributed by atoms with Crippen LogP contribution in [-0.4, -0.2) is 26.9 Å². The van der Waals surface area contributed by atoms with E-state index in [0.717, 1.165) is 24.9 Å². The molecular weight excluding hydrogens is 246 g/mol. The Morgan fingerprint density at radius 3 is 2.75 bits per heavy atom. The highest BCUT2D eigenvalue weighted by molar-refractivity contribution is 8.13. The van der Waals surface area contributed by atoms with Crippen molar-refractivity contribution in [2.75, 3.05) is 13.6 Å². The maximum Gasteiger partial charge on any atom is 0.261 e. The first-order valence-corrected chi connectivity index (χ1v) is 7.54. The number of halogens is 1. The molecule has 0 aliphatic carbocycles. The normalized spacial score (nSPS) is 22.5. The molecule has 1 heterocycles. The van der Waals surface area contributed by atoms with Gasteiger partial charge >= 0.3 is 0 Å². The molecular formula is C11H14ClNO2S. The lowest BCUT2D eigenvalue weighted by atomic mass is 10.1. The van der Waals surface area contributed by atoms with Crippen molar-refractivity contribution in [1.29, 1.82) is 0 Å². The van der Waals surface area contributed by atoms with Crippen LogP contribution >= 0.6 is 10.7 Å². The van der Waals surface area contributed by atoms with Gasteiger partial charge in [-0.3, -0.25) is 4.90 Å². The molecule has 0 N–H and O–H groups in total. The fourth-order valence-corrected chi connectivity index (χ4v) is 3.01. The number of nitrogens with zero attached hydrogens (tertiary/aromatic N) is 1. The smallest absolute Gasteiger partial charge is 0.261 e. The van der Waals surface area contributed by atoms with Gasteiger partial charge in [-0.1, -0.05) is 12.1 Å². The molecule has 0 bridgehead atoms. The van der Waals surface area contributed by atoms with E-state index >= 15 is 0 Å². The Morgan fingerprint density at radius 2 is 2.19 bits per heavy atom. The standard InChI is InChI=1S/C11H14ClNO2S/c1-13-7-3-6-11(13)9-4-2-5-10(8-9)16(12,14)15/h2,4-5,8,11H,3,6-7H2,1H3. The molecule has 2 rings (SSSR count). The molecule has 0 aromatic heterocycles. The summed E-state index contributed by atoms with van der Waals surface area (Å²) >= 11 is 0. The van der Waals surface area contributed by atoms with Crippen LogP contribution in [0, 0.1) is 0 Å². The van der Waals surface area contributed by atoms with Crippen molar-refractivity contribution in [1.82, 2.24) is 4.90 Å². The van der Waals surface area contributed by atoms with Crippen molar-refractivity contribution in [2.24, 2.45) is 0 Å². The van der Waals surface area contributed by atoms with Crippen LogP contribution in [0.5, 0.6) is 0 Å². The van der Waals surface area contributed by atoms with Gasteiger partial charge < -0.3 is 0 Å². The molecule has 0 radical (unpaired) electrons. The molecule has 88 valence electrons. The van der Waals surface area contributed by atoms with Gasteiger partial charge in [-0.2, -0.15) is 0 Å². The van der Waals surface area contributed by atoms with Gasteiger partial charge in [-0.25, -0.2) is 8.42 Å². The average Bonchev–Trinajstić information content (AvgIpc) is 2.63. The van der Waals surface area contributed by atoms with Crippen LogP contribution in [0.25, 0.3) is 0 Å². The number of hydrogen-bond acceptors (Lipinski definition) is 3. The summed E-state index contributed by atoms with van der Waals surface area (Å²) in [7, 11) is 3.77. The molecule has 1 aromatic rings. The molecule has 1 aromatic carbocycles. The van der Waals surface area contributed by atoms with Crippen molar-refractivity contribution in [2.45, 2.75) is 23.8 Å². The van der Waals surface area contributed by atoms with Gasteiger partial charge in [0.25, 0.3) is 9.05 Å². The quantitative estimate of drug-likeness (QED) is 0.766. The molecule has 1 unspecified atom stereocenters. The number of hydrogen-bond donors (Lipinski definition) is 0. The van der Waals surface area contributed by atoms with E-state index in [1.807, 2.05) is 6.07 Å². The summed E-state index contributed by atoms with van der Waals surface area (Å²) < 4.78 is 22.5. The summed E-state index contributed by atoms with van der Waals surface area (Å²) in [6.45, 7) is 1.06. The minimum Gasteiger partial charge on any atom is -0.299 e. The Morgan fingerprint density at radius 1 is 1.44 bits per heavy atom. The summed E-state index contributed by atoms with van der Waals surface area (Å²) in [5.41, 5.74) is 1.03. The topological polar surface area (TPSA) is 37.4 Å². The third-order valence-corrected chi connectivity index (χ3v) is 4.40. The van der Waals surface area contributed by atoms with Crippen LogP contribution in [0.4, 0.5) is 0 Å². The summed E-state index contributed by atoms with van der Waals surface area (Å²) in [4.78, 5) is 2.42. The Balaban J connectivity index is 2.36. The molecule has 1 aliphatic rings. The zero-order chi connectivity index (χ0) is 11.8. The minimum absolute atomic E-state index is 0.187. The first kappa shape index (κ1) is 11.9. The van der Waals surface area contributed by atoms with Gasteiger partial charge in [0.2, 0.25) is 0 Å². The van der Waals surface area contributed by atoms with E-state index in [1.54, 1.807) is 12.1 Å². The first-order chi connectivity index (χ1) is 7.48. The molecule has 0 saturated carbocycles. The Labute approximate surface area is 100 Å². The number of benzene rings is 1. The molecule has 1 fully saturated rings. The molecule has 0 spiro atoms. The Bertz CT molecular complexity index is 487. The zero-order valence-electron chi connectivity index (χ0n) is 9.06. The van der Waals surface area contributed by atoms with Crippen LogP contribution < -0.4 is 0 Å². The Hall–Kier alpha value is -0.580. The lowest BCUT2D eigenvalue weighted by molar-refractivity contribution is 0.317. The fraction of sp³-hybridized carbons (Fsp3) is 0.455. The maximum atomic E-state index is 11.2. The van der Waals surface area contributed by atoms with E-state index in [2.05, 4.69) is 11.9 Å². The first-order valence-electron chi connectivity index (χ1n) is 5.23. The maximum absolute atomic E-state index is 11.2. The lowest BCUT2D eigenvalue weighted by Gasteiger charge is -2.19. The highest BCUT2D eigenvalue weighted by atomic mass is 35.7. The van der Waals surface area contributed by atoms with Crippen LogP contribution in [-0.2, 0) is 9.05 Å². The van der Waals surface area contributed by atoms with Crippen molar-refractivity contribution >= 4 is 19.7 Å². The van der Waals surface area contributed by atoms with Gasteiger partial charge in [0.05, 0.1) is 4.90 Å². The largest absolute Gasteiger partial charge is 0.299 e. The Kier molecular flexibility index (Phi) is 3.24. The van der Waals surface area contributed by atoms with Gasteiger partial charge in [-0.15, -0.1) is 0 Å². The van der Waals surface area contributed by atoms with Crippen molar-refractivity contribution in [3.8, 4) is 0 Å². The number of likely N-dealkylation sites (tertiary alicyclic amines) is 1. The SMILES string of the molecule is CN1CCCC1c1cccc(S(=O)(=O)Cl)c1. The van der Waals surface area contributed by atoms with Crippen molar-refractivity contribution in [3.63, 3.8) is 0 Å². The molecule has 1 saturated heterocycles. The van der Waals surface area contributed by atoms with E-state index in [4.69, 9.17) is 10.7 Å². The molecule has 5 heteroatoms. The zero-order valence-corrected chi connectivity index (χ0v) is 10.6. The minimum atomic E-state index is -3.62. The predicted octanol–water partition coefficient (Wildman–Crippen LogP) is 2.38. The van der Waals surface area contributed by atoms with E-state index in [1.165, 1.54) is 6.07 Å². The summed E-state index contributed by atoms with van der Waals surface area (Å²) in [6.07, 6.45) is 2.22. The summed E-state index contributed by atoms with van der Waals surface area (Å²) in [5, 5.41) is 0. The van der Waals surface area contributed by atoms with E-state index in [0.29, 0.717) is 6.04 Å². The fourth-order valence-electron chi connectivity index (χ4n) is 2.20. The second-order valence-corrected chi connectivity index (χ2v) is 6.71. The highest BCUT2D eigenvalue weighted by Gasteiger charge is 2.23. The van der Waals surface area contributed by atoms with Gasteiger partial charge in [-0.05, 0) is 44.1 Å². The van der Waals surface area contributed by atoms with E-state index in [9.17, 15) is 8.42 Å². The average molecular weight is 260 g/mol. The molecule has 1 atom stereocenters. The summed E-state index contributed by atoms with van der Waals surface area (Å²) in [6, 6.07) is 7.23. The molecule has 16 heavy (non-hydrogen) atoms. The number of rotatable bonds is 2. The van der Waals surface area contributed by atoms with Crippen molar-refractivity contribution in [3.05, 3.63) is 29.8 Å². The van der Waals surface area contributed by atoms with Gasteiger partial charge in [0, 0.05) is 16.7 Å². The van der Waals surface area contributed by atoms with Crippen LogP contribution in [0.3, 0.4) is 0 Å². The second kappa shape index (κ2) is 4.35. The third kappa shape index (κ3) is 2.39. The van der Waals surface area contributed by atoms with Crippen LogP contribution in [0.2, 0.25) is 0 Å². The van der Waals surface area contributed by atoms with E-state index in [-0.39, 0.29) is 4.90 Å². The highest BCUT2D eigenvalue weighted by Crippen LogP contribution is 2.31. The monoisotopic (exact) mass is 259 g/mol. The lowest BCUT2D eigenvalue weighted by Crippen LogP contribution is -2.17. The summed E-state index contributed by atoms with van der Waals surface area (Å²) in [5.74, 6) is 0. The predicted molar refractivity (Wildman–Crippen MR) is 64.1 cm³/mol. The van der Waals surface area contributed by atoms with Gasteiger partial charge in [0.15, 0.2) is 0 Å². The molecule has 1 aliphatic heterocycles. The molecule has 0 amide bonds.